The van der Waals surface area contributed by atoms with Gasteiger partial charge in [-0.05, 0) is 48.3 Å². The van der Waals surface area contributed by atoms with E-state index in [1.165, 1.54) is 0 Å². The van der Waals surface area contributed by atoms with Gasteiger partial charge in [-0.15, -0.1) is 0 Å². The molecule has 0 radical (unpaired) electrons. The van der Waals surface area contributed by atoms with Crippen molar-refractivity contribution in [3.05, 3.63) is 46.0 Å². The maximum Gasteiger partial charge on any atom is 0.213 e. The van der Waals surface area contributed by atoms with E-state index in [1.54, 1.807) is 23.3 Å². The molecule has 0 saturated carbocycles. The zero-order valence-electron chi connectivity index (χ0n) is 10.5. The van der Waals surface area contributed by atoms with Crippen molar-refractivity contribution in [1.82, 2.24) is 14.8 Å². The molecule has 18 heavy (non-hydrogen) atoms. The van der Waals surface area contributed by atoms with Crippen LogP contribution in [0.2, 0.25) is 0 Å². The summed E-state index contributed by atoms with van der Waals surface area (Å²) in [4.78, 5) is 16.5. The van der Waals surface area contributed by atoms with Gasteiger partial charge in [0.2, 0.25) is 5.78 Å². The van der Waals surface area contributed by atoms with E-state index in [1.807, 2.05) is 26.8 Å². The molecule has 0 aliphatic carbocycles. The minimum absolute atomic E-state index is 0.0655. The van der Waals surface area contributed by atoms with Crippen molar-refractivity contribution < 1.29 is 4.79 Å². The Kier molecular flexibility index (Phi) is 3.61. The van der Waals surface area contributed by atoms with E-state index >= 15 is 0 Å². The van der Waals surface area contributed by atoms with Crippen LogP contribution in [-0.2, 0) is 0 Å². The third kappa shape index (κ3) is 2.36. The van der Waals surface area contributed by atoms with Crippen molar-refractivity contribution in [2.24, 2.45) is 0 Å². The van der Waals surface area contributed by atoms with Gasteiger partial charge in [-0.25, -0.2) is 0 Å². The summed E-state index contributed by atoms with van der Waals surface area (Å²) in [6.07, 6.45) is 4.96. The molecule has 0 unspecified atom stereocenters. The molecule has 2 heterocycles. The highest BCUT2D eigenvalue weighted by molar-refractivity contribution is 9.10. The largest absolute Gasteiger partial charge is 0.287 e. The first-order chi connectivity index (χ1) is 8.50. The molecule has 94 valence electrons. The SMILES string of the molecule is Cc1cncc(C(=O)c2c(Br)cnn2C(C)C)c1. The van der Waals surface area contributed by atoms with E-state index < -0.39 is 0 Å². The fourth-order valence-corrected chi connectivity index (χ4v) is 2.21. The summed E-state index contributed by atoms with van der Waals surface area (Å²) < 4.78 is 2.43. The number of ketones is 1. The number of rotatable bonds is 3. The molecule has 0 spiro atoms. The van der Waals surface area contributed by atoms with E-state index in [2.05, 4.69) is 26.0 Å². The monoisotopic (exact) mass is 307 g/mol. The normalized spacial score (nSPS) is 10.9. The molecule has 2 aromatic rings. The van der Waals surface area contributed by atoms with Gasteiger partial charge in [0.25, 0.3) is 0 Å². The van der Waals surface area contributed by atoms with Gasteiger partial charge in [0.1, 0.15) is 5.69 Å². The minimum atomic E-state index is -0.0655. The van der Waals surface area contributed by atoms with Crippen LogP contribution in [0.5, 0.6) is 0 Å². The van der Waals surface area contributed by atoms with Crippen LogP contribution in [-0.4, -0.2) is 20.5 Å². The van der Waals surface area contributed by atoms with Crippen molar-refractivity contribution in [2.75, 3.05) is 0 Å². The molecule has 0 aliphatic rings. The van der Waals surface area contributed by atoms with Crippen molar-refractivity contribution in [2.45, 2.75) is 26.8 Å². The van der Waals surface area contributed by atoms with Crippen LogP contribution in [0.15, 0.2) is 29.1 Å². The second-order valence-corrected chi connectivity index (χ2v) is 5.31. The standard InChI is InChI=1S/C13H14BrN3O/c1-8(2)17-12(11(14)7-16-17)13(18)10-4-9(3)5-15-6-10/h4-8H,1-3H3. The number of pyridine rings is 1. The molecule has 2 aromatic heterocycles. The van der Waals surface area contributed by atoms with Crippen molar-refractivity contribution in [1.29, 1.82) is 0 Å². The smallest absolute Gasteiger partial charge is 0.213 e. The zero-order valence-corrected chi connectivity index (χ0v) is 12.1. The summed E-state index contributed by atoms with van der Waals surface area (Å²) in [5.41, 5.74) is 2.11. The Labute approximate surface area is 114 Å². The lowest BCUT2D eigenvalue weighted by atomic mass is 10.1. The average Bonchev–Trinajstić information content (AvgIpc) is 2.70. The summed E-state index contributed by atoms with van der Waals surface area (Å²) in [6.45, 7) is 5.90. The number of carbonyl (C=O) groups is 1. The molecule has 5 heteroatoms. The maximum atomic E-state index is 12.5. The molecule has 4 nitrogen and oxygen atoms in total. The number of hydrogen-bond donors (Lipinski definition) is 0. The lowest BCUT2D eigenvalue weighted by molar-refractivity contribution is 0.102. The quantitative estimate of drug-likeness (QED) is 0.818. The maximum absolute atomic E-state index is 12.5. The Bertz CT molecular complexity index is 590. The molecule has 2 rings (SSSR count). The topological polar surface area (TPSA) is 47.8 Å². The minimum Gasteiger partial charge on any atom is -0.287 e. The third-order valence-electron chi connectivity index (χ3n) is 2.59. The van der Waals surface area contributed by atoms with Gasteiger partial charge in [0.15, 0.2) is 0 Å². The third-order valence-corrected chi connectivity index (χ3v) is 3.17. The summed E-state index contributed by atoms with van der Waals surface area (Å²) in [5.74, 6) is -0.0655. The predicted octanol–water partition coefficient (Wildman–Crippen LogP) is 3.16. The number of carbonyl (C=O) groups excluding carboxylic acids is 1. The molecule has 0 atom stereocenters. The highest BCUT2D eigenvalue weighted by Gasteiger charge is 2.20. The van der Waals surface area contributed by atoms with E-state index in [0.29, 0.717) is 15.7 Å². The van der Waals surface area contributed by atoms with Crippen LogP contribution >= 0.6 is 15.9 Å². The predicted molar refractivity (Wildman–Crippen MR) is 72.7 cm³/mol. The molecular weight excluding hydrogens is 294 g/mol. The van der Waals surface area contributed by atoms with Gasteiger partial charge in [-0.1, -0.05) is 0 Å². The zero-order chi connectivity index (χ0) is 13.3. The molecule has 0 fully saturated rings. The van der Waals surface area contributed by atoms with Crippen molar-refractivity contribution in [3.63, 3.8) is 0 Å². The second-order valence-electron chi connectivity index (χ2n) is 4.46. The molecule has 0 saturated heterocycles. The number of nitrogens with zero attached hydrogens (tertiary/aromatic N) is 3. The Morgan fingerprint density at radius 1 is 1.33 bits per heavy atom. The van der Waals surface area contributed by atoms with Crippen LogP contribution < -0.4 is 0 Å². The van der Waals surface area contributed by atoms with E-state index in [-0.39, 0.29) is 11.8 Å². The molecule has 0 N–H and O–H groups in total. The van der Waals surface area contributed by atoms with Gasteiger partial charge in [-0.3, -0.25) is 14.5 Å². The van der Waals surface area contributed by atoms with Crippen LogP contribution in [0, 0.1) is 6.92 Å². The molecule has 0 amide bonds. The summed E-state index contributed by atoms with van der Waals surface area (Å²) in [5, 5.41) is 4.21. The molecular formula is C13H14BrN3O. The highest BCUT2D eigenvalue weighted by atomic mass is 79.9. The Morgan fingerprint density at radius 3 is 2.67 bits per heavy atom. The van der Waals surface area contributed by atoms with Gasteiger partial charge < -0.3 is 0 Å². The first kappa shape index (κ1) is 13.0. The van der Waals surface area contributed by atoms with Crippen LogP contribution in [0.25, 0.3) is 0 Å². The van der Waals surface area contributed by atoms with Gasteiger partial charge in [0, 0.05) is 24.0 Å². The average molecular weight is 308 g/mol. The lowest BCUT2D eigenvalue weighted by Gasteiger charge is -2.10. The fourth-order valence-electron chi connectivity index (χ4n) is 1.76. The van der Waals surface area contributed by atoms with Gasteiger partial charge in [0.05, 0.1) is 10.7 Å². The summed E-state index contributed by atoms with van der Waals surface area (Å²) in [7, 11) is 0. The van der Waals surface area contributed by atoms with Crippen LogP contribution in [0.1, 0.15) is 41.5 Å². The number of aromatic nitrogens is 3. The summed E-state index contributed by atoms with van der Waals surface area (Å²) >= 11 is 3.38. The van der Waals surface area contributed by atoms with Gasteiger partial charge >= 0.3 is 0 Å². The van der Waals surface area contributed by atoms with E-state index in [9.17, 15) is 4.79 Å². The second kappa shape index (κ2) is 5.02. The van der Waals surface area contributed by atoms with E-state index in [4.69, 9.17) is 0 Å². The number of hydrogen-bond acceptors (Lipinski definition) is 3. The number of halogens is 1. The molecule has 0 bridgehead atoms. The van der Waals surface area contributed by atoms with Crippen molar-refractivity contribution >= 4 is 21.7 Å². The van der Waals surface area contributed by atoms with Gasteiger partial charge in [-0.2, -0.15) is 5.10 Å². The highest BCUT2D eigenvalue weighted by Crippen LogP contribution is 2.22. The Balaban J connectivity index is 2.49. The van der Waals surface area contributed by atoms with Crippen molar-refractivity contribution in [3.8, 4) is 0 Å². The first-order valence-electron chi connectivity index (χ1n) is 5.70. The summed E-state index contributed by atoms with van der Waals surface area (Å²) in [6, 6.07) is 1.97. The Hall–Kier alpha value is -1.49. The first-order valence-corrected chi connectivity index (χ1v) is 6.49. The lowest BCUT2D eigenvalue weighted by Crippen LogP contribution is -2.14. The fraction of sp³-hybridized carbons (Fsp3) is 0.308. The Morgan fingerprint density at radius 2 is 2.06 bits per heavy atom. The molecule has 0 aliphatic heterocycles. The van der Waals surface area contributed by atoms with E-state index in [0.717, 1.165) is 5.56 Å². The van der Waals surface area contributed by atoms with Crippen LogP contribution in [0.4, 0.5) is 0 Å². The molecule has 0 aromatic carbocycles. The van der Waals surface area contributed by atoms with Crippen LogP contribution in [0.3, 0.4) is 0 Å². The number of aryl methyl sites for hydroxylation is 1.